The van der Waals surface area contributed by atoms with Crippen LogP contribution in [0.3, 0.4) is 0 Å². The largest absolute Gasteiger partial charge is 0.485 e. The summed E-state index contributed by atoms with van der Waals surface area (Å²) in [6.07, 6.45) is 6.40. The predicted octanol–water partition coefficient (Wildman–Crippen LogP) is 3.91. The Morgan fingerprint density at radius 3 is 2.62 bits per heavy atom. The molecule has 0 saturated heterocycles. The van der Waals surface area contributed by atoms with Gasteiger partial charge in [-0.05, 0) is 50.3 Å². The quantitative estimate of drug-likeness (QED) is 0.757. The van der Waals surface area contributed by atoms with Crippen molar-refractivity contribution in [2.45, 2.75) is 49.7 Å². The van der Waals surface area contributed by atoms with Crippen LogP contribution in [0.4, 0.5) is 0 Å². The summed E-state index contributed by atoms with van der Waals surface area (Å²) in [5.74, 6) is 1.64. The lowest BCUT2D eigenvalue weighted by Crippen LogP contribution is -2.23. The molecule has 2 bridgehead atoms. The first-order valence-corrected chi connectivity index (χ1v) is 9.39. The molecule has 5 nitrogen and oxygen atoms in total. The summed E-state index contributed by atoms with van der Waals surface area (Å²) in [5.41, 5.74) is 1.08. The van der Waals surface area contributed by atoms with Crippen molar-refractivity contribution in [3.8, 4) is 5.75 Å². The highest BCUT2D eigenvalue weighted by Gasteiger charge is 2.56. The maximum Gasteiger partial charge on any atom is 0.203 e. The smallest absolute Gasteiger partial charge is 0.203 e. The molecule has 1 aromatic carbocycles. The molecule has 2 heterocycles. The lowest BCUT2D eigenvalue weighted by Gasteiger charge is -2.24. The number of hydrogen-bond donors (Lipinski definition) is 1. The number of aliphatic hydroxyl groups is 1. The van der Waals surface area contributed by atoms with Crippen LogP contribution < -0.4 is 4.74 Å². The van der Waals surface area contributed by atoms with Crippen LogP contribution in [-0.4, -0.2) is 25.3 Å². The summed E-state index contributed by atoms with van der Waals surface area (Å²) in [6, 6.07) is 11.5. The highest BCUT2D eigenvalue weighted by Crippen LogP contribution is 2.57. The Kier molecular flexibility index (Phi) is 3.52. The minimum atomic E-state index is -0.510. The van der Waals surface area contributed by atoms with Crippen molar-refractivity contribution in [3.05, 3.63) is 59.0 Å². The molecule has 2 aliphatic rings. The second kappa shape index (κ2) is 5.69. The fourth-order valence-corrected chi connectivity index (χ4v) is 4.81. The van der Waals surface area contributed by atoms with Crippen LogP contribution in [0.1, 0.15) is 43.5 Å². The van der Waals surface area contributed by atoms with E-state index in [1.165, 1.54) is 0 Å². The van der Waals surface area contributed by atoms with Gasteiger partial charge >= 0.3 is 0 Å². The van der Waals surface area contributed by atoms with Gasteiger partial charge in [-0.15, -0.1) is 10.2 Å². The van der Waals surface area contributed by atoms with Gasteiger partial charge in [-0.25, -0.2) is 0 Å². The molecule has 0 amide bonds. The van der Waals surface area contributed by atoms with Gasteiger partial charge in [0.2, 0.25) is 5.65 Å². The number of fused-ring (bicyclic) bond motifs is 3. The van der Waals surface area contributed by atoms with E-state index in [0.29, 0.717) is 23.0 Å². The van der Waals surface area contributed by atoms with Gasteiger partial charge in [0.1, 0.15) is 12.4 Å². The van der Waals surface area contributed by atoms with Crippen molar-refractivity contribution in [3.63, 3.8) is 0 Å². The number of hydrogen-bond acceptors (Lipinski definition) is 4. The van der Waals surface area contributed by atoms with E-state index in [0.717, 1.165) is 43.5 Å². The van der Waals surface area contributed by atoms with Gasteiger partial charge in [0, 0.05) is 22.2 Å². The Balaban J connectivity index is 1.48. The van der Waals surface area contributed by atoms with Gasteiger partial charge in [0.15, 0.2) is 5.75 Å². The number of rotatable bonds is 4. The molecule has 0 radical (unpaired) electrons. The summed E-state index contributed by atoms with van der Waals surface area (Å²) < 4.78 is 8.03. The van der Waals surface area contributed by atoms with E-state index in [-0.39, 0.29) is 5.41 Å². The SMILES string of the molecule is OC12CCC(c3nnc4c(OCc5ccccc5Cl)cccn34)(CC1)C2. The molecule has 26 heavy (non-hydrogen) atoms. The zero-order chi connectivity index (χ0) is 17.8. The standard InChI is InChI=1S/C20H20ClN3O2/c21-15-5-2-1-4-14(15)12-26-16-6-3-11-24-17(16)22-23-18(24)19-7-9-20(25,13-19)10-8-19/h1-6,11,25H,7-10,12-13H2. The third-order valence-corrected chi connectivity index (χ3v) is 6.39. The van der Waals surface area contributed by atoms with Gasteiger partial charge in [0.05, 0.1) is 5.60 Å². The molecule has 2 saturated carbocycles. The number of pyridine rings is 1. The van der Waals surface area contributed by atoms with E-state index >= 15 is 0 Å². The van der Waals surface area contributed by atoms with Gasteiger partial charge in [-0.2, -0.15) is 0 Å². The van der Waals surface area contributed by atoms with Gasteiger partial charge < -0.3 is 9.84 Å². The van der Waals surface area contributed by atoms with Crippen molar-refractivity contribution in [1.82, 2.24) is 14.6 Å². The molecule has 134 valence electrons. The molecule has 1 N–H and O–H groups in total. The van der Waals surface area contributed by atoms with Crippen LogP contribution in [0.15, 0.2) is 42.6 Å². The average molecular weight is 370 g/mol. The Bertz CT molecular complexity index is 976. The van der Waals surface area contributed by atoms with Crippen molar-refractivity contribution in [1.29, 1.82) is 0 Å². The minimum absolute atomic E-state index is 0.0600. The average Bonchev–Trinajstić information content (AvgIpc) is 3.32. The van der Waals surface area contributed by atoms with E-state index in [2.05, 4.69) is 10.2 Å². The van der Waals surface area contributed by atoms with Crippen LogP contribution >= 0.6 is 11.6 Å². The number of benzene rings is 1. The van der Waals surface area contributed by atoms with E-state index in [1.807, 2.05) is 47.0 Å². The van der Waals surface area contributed by atoms with Crippen molar-refractivity contribution >= 4 is 17.2 Å². The zero-order valence-corrected chi connectivity index (χ0v) is 15.1. The molecule has 2 aliphatic carbocycles. The molecule has 3 aromatic rings. The predicted molar refractivity (Wildman–Crippen MR) is 98.5 cm³/mol. The summed E-state index contributed by atoms with van der Waals surface area (Å²) >= 11 is 6.22. The Hall–Kier alpha value is -2.11. The molecule has 0 unspecified atom stereocenters. The first-order chi connectivity index (χ1) is 12.6. The number of ether oxygens (including phenoxy) is 1. The van der Waals surface area contributed by atoms with Crippen LogP contribution in [0.5, 0.6) is 5.75 Å². The maximum atomic E-state index is 10.6. The van der Waals surface area contributed by atoms with E-state index in [9.17, 15) is 5.11 Å². The topological polar surface area (TPSA) is 59.7 Å². The van der Waals surface area contributed by atoms with Crippen LogP contribution in [-0.2, 0) is 12.0 Å². The van der Waals surface area contributed by atoms with Crippen molar-refractivity contribution in [2.24, 2.45) is 0 Å². The van der Waals surface area contributed by atoms with Crippen LogP contribution in [0.25, 0.3) is 5.65 Å². The summed E-state index contributed by atoms with van der Waals surface area (Å²) in [7, 11) is 0. The maximum absolute atomic E-state index is 10.6. The van der Waals surface area contributed by atoms with E-state index in [4.69, 9.17) is 16.3 Å². The molecule has 0 atom stereocenters. The molecular weight excluding hydrogens is 350 g/mol. The van der Waals surface area contributed by atoms with Crippen LogP contribution in [0, 0.1) is 0 Å². The zero-order valence-electron chi connectivity index (χ0n) is 14.4. The molecule has 0 spiro atoms. The molecule has 2 fully saturated rings. The second-order valence-electron chi connectivity index (χ2n) is 7.65. The third-order valence-electron chi connectivity index (χ3n) is 6.02. The van der Waals surface area contributed by atoms with Gasteiger partial charge in [0.25, 0.3) is 0 Å². The first-order valence-electron chi connectivity index (χ1n) is 9.02. The number of halogens is 1. The van der Waals surface area contributed by atoms with Crippen molar-refractivity contribution < 1.29 is 9.84 Å². The molecule has 5 rings (SSSR count). The van der Waals surface area contributed by atoms with Crippen LogP contribution in [0.2, 0.25) is 5.02 Å². The monoisotopic (exact) mass is 369 g/mol. The Labute approximate surface area is 156 Å². The minimum Gasteiger partial charge on any atom is -0.485 e. The fourth-order valence-electron chi connectivity index (χ4n) is 4.62. The van der Waals surface area contributed by atoms with E-state index < -0.39 is 5.60 Å². The number of aromatic nitrogens is 3. The van der Waals surface area contributed by atoms with Gasteiger partial charge in [-0.3, -0.25) is 4.40 Å². The second-order valence-corrected chi connectivity index (χ2v) is 8.06. The molecular formula is C20H20ClN3O2. The molecule has 0 aliphatic heterocycles. The summed E-state index contributed by atoms with van der Waals surface area (Å²) in [5, 5.41) is 20.2. The lowest BCUT2D eigenvalue weighted by molar-refractivity contribution is 0.0521. The summed E-state index contributed by atoms with van der Waals surface area (Å²) in [4.78, 5) is 0. The highest BCUT2D eigenvalue weighted by molar-refractivity contribution is 6.31. The Morgan fingerprint density at radius 1 is 1.08 bits per heavy atom. The fraction of sp³-hybridized carbons (Fsp3) is 0.400. The van der Waals surface area contributed by atoms with Crippen molar-refractivity contribution in [2.75, 3.05) is 0 Å². The lowest BCUT2D eigenvalue weighted by atomic mass is 9.83. The molecule has 2 aromatic heterocycles. The normalized spacial score (nSPS) is 27.3. The Morgan fingerprint density at radius 2 is 1.88 bits per heavy atom. The summed E-state index contributed by atoms with van der Waals surface area (Å²) in [6.45, 7) is 0.381. The van der Waals surface area contributed by atoms with E-state index in [1.54, 1.807) is 0 Å². The highest BCUT2D eigenvalue weighted by atomic mass is 35.5. The first kappa shape index (κ1) is 16.1. The number of nitrogens with zero attached hydrogens (tertiary/aromatic N) is 3. The molecule has 6 heteroatoms. The van der Waals surface area contributed by atoms with Gasteiger partial charge in [-0.1, -0.05) is 29.8 Å². The third kappa shape index (κ3) is 2.42.